The first-order chi connectivity index (χ1) is 9.61. The lowest BCUT2D eigenvalue weighted by atomic mass is 10.1. The molecule has 0 aliphatic rings. The third-order valence-corrected chi connectivity index (χ3v) is 2.42. The van der Waals surface area contributed by atoms with Gasteiger partial charge in [-0.05, 0) is 18.0 Å². The molecular weight excluding hydrogens is 266 g/mol. The van der Waals surface area contributed by atoms with Crippen LogP contribution in [0.15, 0.2) is 23.3 Å². The summed E-state index contributed by atoms with van der Waals surface area (Å²) in [4.78, 5) is 24.7. The van der Waals surface area contributed by atoms with Gasteiger partial charge in [0.15, 0.2) is 0 Å². The number of carbonyl (C=O) groups excluding carboxylic acids is 1. The number of azide groups is 1. The van der Waals surface area contributed by atoms with Crippen molar-refractivity contribution in [1.82, 2.24) is 5.32 Å². The highest BCUT2D eigenvalue weighted by Gasteiger charge is 2.21. The van der Waals surface area contributed by atoms with Gasteiger partial charge in [0.05, 0.1) is 17.6 Å². The third-order valence-electron chi connectivity index (χ3n) is 2.42. The second kappa shape index (κ2) is 7.59. The van der Waals surface area contributed by atoms with Crippen LogP contribution in [-0.4, -0.2) is 31.0 Å². The van der Waals surface area contributed by atoms with E-state index in [4.69, 9.17) is 10.3 Å². The zero-order valence-corrected chi connectivity index (χ0v) is 10.8. The lowest BCUT2D eigenvalue weighted by Crippen LogP contribution is -2.25. The summed E-state index contributed by atoms with van der Waals surface area (Å²) in [5.41, 5.74) is 7.91. The maximum atomic E-state index is 11.9. The van der Waals surface area contributed by atoms with Gasteiger partial charge in [-0.3, -0.25) is 14.9 Å². The van der Waals surface area contributed by atoms with Crippen LogP contribution in [0.5, 0.6) is 5.75 Å². The molecule has 0 unspecified atom stereocenters. The molecule has 9 nitrogen and oxygen atoms in total. The van der Waals surface area contributed by atoms with E-state index in [0.717, 1.165) is 0 Å². The minimum Gasteiger partial charge on any atom is -0.490 e. The van der Waals surface area contributed by atoms with Crippen molar-refractivity contribution >= 4 is 11.6 Å². The molecule has 20 heavy (non-hydrogen) atoms. The summed E-state index contributed by atoms with van der Waals surface area (Å²) in [6.07, 6.45) is 0.479. The number of nitro groups is 1. The number of hydrogen-bond donors (Lipinski definition) is 1. The standard InChI is InChI=1S/C11H13N5O4/c1-20-10-8(4-2-5-9(10)16(18)19)11(17)13-6-3-7-14-15-12/h2,4-5H,3,6-7H2,1H3,(H,13,17). The highest BCUT2D eigenvalue weighted by molar-refractivity contribution is 5.98. The first kappa shape index (κ1) is 15.3. The maximum Gasteiger partial charge on any atom is 0.311 e. The van der Waals surface area contributed by atoms with Gasteiger partial charge in [-0.1, -0.05) is 11.2 Å². The maximum absolute atomic E-state index is 11.9. The number of nitro benzene ring substituents is 1. The summed E-state index contributed by atoms with van der Waals surface area (Å²) >= 11 is 0. The van der Waals surface area contributed by atoms with Gasteiger partial charge in [0.1, 0.15) is 0 Å². The lowest BCUT2D eigenvalue weighted by molar-refractivity contribution is -0.385. The number of ether oxygens (including phenoxy) is 1. The van der Waals surface area contributed by atoms with Gasteiger partial charge in [0.25, 0.3) is 5.91 Å². The van der Waals surface area contributed by atoms with Gasteiger partial charge in [-0.2, -0.15) is 0 Å². The zero-order valence-electron chi connectivity index (χ0n) is 10.8. The number of carbonyl (C=O) groups is 1. The molecule has 0 fully saturated rings. The van der Waals surface area contributed by atoms with Crippen molar-refractivity contribution in [3.05, 3.63) is 44.3 Å². The predicted molar refractivity (Wildman–Crippen MR) is 70.6 cm³/mol. The number of hydrogen-bond acceptors (Lipinski definition) is 5. The molecule has 1 N–H and O–H groups in total. The van der Waals surface area contributed by atoms with E-state index in [-0.39, 0.29) is 23.5 Å². The lowest BCUT2D eigenvalue weighted by Gasteiger charge is -2.09. The molecule has 1 rings (SSSR count). The highest BCUT2D eigenvalue weighted by atomic mass is 16.6. The smallest absolute Gasteiger partial charge is 0.311 e. The van der Waals surface area contributed by atoms with Crippen molar-refractivity contribution in [3.8, 4) is 5.75 Å². The van der Waals surface area contributed by atoms with Gasteiger partial charge in [-0.15, -0.1) is 0 Å². The number of amides is 1. The summed E-state index contributed by atoms with van der Waals surface area (Å²) in [5.74, 6) is -0.559. The number of para-hydroxylation sites is 1. The van der Waals surface area contributed by atoms with E-state index < -0.39 is 10.8 Å². The fraction of sp³-hybridized carbons (Fsp3) is 0.364. The van der Waals surface area contributed by atoms with Crippen molar-refractivity contribution in [2.75, 3.05) is 20.2 Å². The van der Waals surface area contributed by atoms with Crippen LogP contribution in [0.2, 0.25) is 0 Å². The molecule has 0 bridgehead atoms. The summed E-state index contributed by atoms with van der Waals surface area (Å²) in [5, 5.41) is 16.7. The zero-order chi connectivity index (χ0) is 15.0. The average molecular weight is 279 g/mol. The Balaban J connectivity index is 2.79. The second-order valence-corrected chi connectivity index (χ2v) is 3.68. The summed E-state index contributed by atoms with van der Waals surface area (Å²) in [6.45, 7) is 0.562. The number of methoxy groups -OCH3 is 1. The van der Waals surface area contributed by atoms with E-state index in [9.17, 15) is 14.9 Å². The van der Waals surface area contributed by atoms with Crippen molar-refractivity contribution in [2.45, 2.75) is 6.42 Å². The van der Waals surface area contributed by atoms with E-state index in [2.05, 4.69) is 15.3 Å². The Bertz CT molecular complexity index is 554. The average Bonchev–Trinajstić information content (AvgIpc) is 2.45. The molecule has 106 valence electrons. The number of nitrogens with one attached hydrogen (secondary N) is 1. The van der Waals surface area contributed by atoms with Crippen molar-refractivity contribution in [2.24, 2.45) is 5.11 Å². The second-order valence-electron chi connectivity index (χ2n) is 3.68. The Morgan fingerprint density at radius 2 is 2.35 bits per heavy atom. The van der Waals surface area contributed by atoms with Crippen LogP contribution in [0.4, 0.5) is 5.69 Å². The Morgan fingerprint density at radius 1 is 1.60 bits per heavy atom. The molecule has 0 aliphatic heterocycles. The normalized spacial score (nSPS) is 9.45. The summed E-state index contributed by atoms with van der Waals surface area (Å²) in [6, 6.07) is 4.11. The molecule has 0 aliphatic carbocycles. The van der Waals surface area contributed by atoms with Gasteiger partial charge in [-0.25, -0.2) is 0 Å². The van der Waals surface area contributed by atoms with Crippen molar-refractivity contribution in [3.63, 3.8) is 0 Å². The van der Waals surface area contributed by atoms with Crippen LogP contribution < -0.4 is 10.1 Å². The molecule has 1 aromatic rings. The van der Waals surface area contributed by atoms with Crippen molar-refractivity contribution in [1.29, 1.82) is 0 Å². The fourth-order valence-electron chi connectivity index (χ4n) is 1.55. The van der Waals surface area contributed by atoms with E-state index in [1.54, 1.807) is 0 Å². The van der Waals surface area contributed by atoms with Crippen LogP contribution in [0.3, 0.4) is 0 Å². The molecule has 1 amide bonds. The Morgan fingerprint density at radius 3 is 2.95 bits per heavy atom. The summed E-state index contributed by atoms with van der Waals surface area (Å²) in [7, 11) is 1.26. The minimum absolute atomic E-state index is 0.0787. The van der Waals surface area contributed by atoms with Gasteiger partial charge in [0.2, 0.25) is 5.75 Å². The summed E-state index contributed by atoms with van der Waals surface area (Å²) < 4.78 is 4.93. The third kappa shape index (κ3) is 3.85. The number of nitrogens with zero attached hydrogens (tertiary/aromatic N) is 4. The topological polar surface area (TPSA) is 130 Å². The van der Waals surface area contributed by atoms with Crippen molar-refractivity contribution < 1.29 is 14.5 Å². The monoisotopic (exact) mass is 279 g/mol. The molecule has 0 spiro atoms. The van der Waals surface area contributed by atoms with E-state index >= 15 is 0 Å². The Hall–Kier alpha value is -2.80. The van der Waals surface area contributed by atoms with E-state index in [1.807, 2.05) is 0 Å². The minimum atomic E-state index is -0.614. The number of benzene rings is 1. The molecule has 9 heteroatoms. The van der Waals surface area contributed by atoms with E-state index in [1.165, 1.54) is 25.3 Å². The fourth-order valence-corrected chi connectivity index (χ4v) is 1.55. The predicted octanol–water partition coefficient (Wildman–Crippen LogP) is 2.03. The molecule has 0 saturated carbocycles. The van der Waals surface area contributed by atoms with Crippen LogP contribution in [0.1, 0.15) is 16.8 Å². The van der Waals surface area contributed by atoms with Gasteiger partial charge < -0.3 is 10.1 Å². The van der Waals surface area contributed by atoms with Crippen LogP contribution in [0.25, 0.3) is 10.4 Å². The molecule has 0 atom stereocenters. The molecule has 0 radical (unpaired) electrons. The number of rotatable bonds is 7. The highest BCUT2D eigenvalue weighted by Crippen LogP contribution is 2.30. The quantitative estimate of drug-likeness (QED) is 0.204. The molecule has 0 aromatic heterocycles. The van der Waals surface area contributed by atoms with Crippen LogP contribution >= 0.6 is 0 Å². The molecule has 0 saturated heterocycles. The molecule has 0 heterocycles. The van der Waals surface area contributed by atoms with Crippen LogP contribution in [0, 0.1) is 10.1 Å². The first-order valence-electron chi connectivity index (χ1n) is 5.72. The first-order valence-corrected chi connectivity index (χ1v) is 5.72. The van der Waals surface area contributed by atoms with Crippen LogP contribution in [-0.2, 0) is 0 Å². The molecule has 1 aromatic carbocycles. The largest absolute Gasteiger partial charge is 0.490 e. The van der Waals surface area contributed by atoms with Gasteiger partial charge in [0, 0.05) is 24.1 Å². The van der Waals surface area contributed by atoms with E-state index in [0.29, 0.717) is 13.0 Å². The Kier molecular flexibility index (Phi) is 5.79. The Labute approximate surface area is 114 Å². The SMILES string of the molecule is COc1c(C(=O)NCCCN=[N+]=[N-])cccc1[N+](=O)[O-]. The molecular formula is C11H13N5O4. The van der Waals surface area contributed by atoms with Gasteiger partial charge >= 0.3 is 5.69 Å².